The Labute approximate surface area is 118 Å². The van der Waals surface area contributed by atoms with Gasteiger partial charge in [0, 0.05) is 19.1 Å². The third-order valence-corrected chi connectivity index (χ3v) is 2.81. The van der Waals surface area contributed by atoms with Crippen LogP contribution in [0.1, 0.15) is 12.5 Å². The fourth-order valence-corrected chi connectivity index (χ4v) is 1.92. The Morgan fingerprint density at radius 3 is 2.95 bits per heavy atom. The van der Waals surface area contributed by atoms with Gasteiger partial charge in [0.05, 0.1) is 6.61 Å². The summed E-state index contributed by atoms with van der Waals surface area (Å²) in [7, 11) is 0. The first kappa shape index (κ1) is 16.2. The SMILES string of the molecule is C=CCN(CCO)C(=O)NC(C)Cc1cccc(F)c1. The molecule has 110 valence electrons. The second-order valence-electron chi connectivity index (χ2n) is 4.64. The van der Waals surface area contributed by atoms with E-state index >= 15 is 0 Å². The first-order chi connectivity index (χ1) is 9.56. The Bertz CT molecular complexity index is 451. The number of nitrogens with one attached hydrogen (secondary N) is 1. The van der Waals surface area contributed by atoms with Gasteiger partial charge < -0.3 is 15.3 Å². The van der Waals surface area contributed by atoms with Crippen molar-refractivity contribution < 1.29 is 14.3 Å². The summed E-state index contributed by atoms with van der Waals surface area (Å²) in [6.07, 6.45) is 2.15. The van der Waals surface area contributed by atoms with Crippen LogP contribution in [0.2, 0.25) is 0 Å². The van der Waals surface area contributed by atoms with Gasteiger partial charge in [0.1, 0.15) is 5.82 Å². The molecular weight excluding hydrogens is 259 g/mol. The van der Waals surface area contributed by atoms with E-state index < -0.39 is 0 Å². The van der Waals surface area contributed by atoms with Crippen LogP contribution in [-0.4, -0.2) is 41.8 Å². The minimum Gasteiger partial charge on any atom is -0.395 e. The standard InChI is InChI=1S/C15H21FN2O2/c1-3-7-18(8-9-19)15(20)17-12(2)10-13-5-4-6-14(16)11-13/h3-6,11-12,19H,1,7-10H2,2H3,(H,17,20). The Morgan fingerprint density at radius 2 is 2.35 bits per heavy atom. The van der Waals surface area contributed by atoms with Crippen LogP contribution in [-0.2, 0) is 6.42 Å². The van der Waals surface area contributed by atoms with Crippen LogP contribution >= 0.6 is 0 Å². The van der Waals surface area contributed by atoms with Crippen molar-refractivity contribution in [2.45, 2.75) is 19.4 Å². The number of aliphatic hydroxyl groups is 1. The fraction of sp³-hybridized carbons (Fsp3) is 0.400. The van der Waals surface area contributed by atoms with Crippen molar-refractivity contribution in [2.24, 2.45) is 0 Å². The van der Waals surface area contributed by atoms with E-state index in [2.05, 4.69) is 11.9 Å². The summed E-state index contributed by atoms with van der Waals surface area (Å²) in [5.41, 5.74) is 0.829. The quantitative estimate of drug-likeness (QED) is 0.750. The lowest BCUT2D eigenvalue weighted by Gasteiger charge is -2.23. The molecule has 2 amide bonds. The van der Waals surface area contributed by atoms with E-state index in [0.717, 1.165) is 5.56 Å². The second kappa shape index (κ2) is 8.32. The summed E-state index contributed by atoms with van der Waals surface area (Å²) in [4.78, 5) is 13.4. The highest BCUT2D eigenvalue weighted by Gasteiger charge is 2.14. The number of benzene rings is 1. The molecule has 1 aromatic rings. The monoisotopic (exact) mass is 280 g/mol. The van der Waals surface area contributed by atoms with Gasteiger partial charge in [-0.15, -0.1) is 6.58 Å². The number of halogens is 1. The number of nitrogens with zero attached hydrogens (tertiary/aromatic N) is 1. The molecule has 0 aliphatic carbocycles. The number of rotatable bonds is 7. The van der Waals surface area contributed by atoms with Gasteiger partial charge in [0.15, 0.2) is 0 Å². The highest BCUT2D eigenvalue weighted by molar-refractivity contribution is 5.74. The Hall–Kier alpha value is -1.88. The largest absolute Gasteiger partial charge is 0.395 e. The van der Waals surface area contributed by atoms with Crippen molar-refractivity contribution in [3.8, 4) is 0 Å². The molecule has 4 nitrogen and oxygen atoms in total. The van der Waals surface area contributed by atoms with Crippen molar-refractivity contribution in [1.82, 2.24) is 10.2 Å². The molecule has 1 atom stereocenters. The van der Waals surface area contributed by atoms with E-state index in [1.54, 1.807) is 12.1 Å². The van der Waals surface area contributed by atoms with Crippen molar-refractivity contribution in [3.05, 3.63) is 48.3 Å². The molecule has 0 saturated carbocycles. The highest BCUT2D eigenvalue weighted by Crippen LogP contribution is 2.06. The van der Waals surface area contributed by atoms with Crippen LogP contribution in [0.3, 0.4) is 0 Å². The lowest BCUT2D eigenvalue weighted by atomic mass is 10.1. The first-order valence-electron chi connectivity index (χ1n) is 6.58. The zero-order valence-corrected chi connectivity index (χ0v) is 11.7. The van der Waals surface area contributed by atoms with Gasteiger partial charge in [-0.3, -0.25) is 0 Å². The average Bonchev–Trinajstić information content (AvgIpc) is 2.38. The third-order valence-electron chi connectivity index (χ3n) is 2.81. The molecular formula is C15H21FN2O2. The molecule has 0 aromatic heterocycles. The molecule has 1 unspecified atom stereocenters. The van der Waals surface area contributed by atoms with E-state index in [-0.39, 0.29) is 31.0 Å². The molecule has 2 N–H and O–H groups in total. The van der Waals surface area contributed by atoms with Gasteiger partial charge in [-0.2, -0.15) is 0 Å². The molecule has 0 heterocycles. The van der Waals surface area contributed by atoms with Crippen LogP contribution in [0.5, 0.6) is 0 Å². The molecule has 0 radical (unpaired) electrons. The molecule has 0 saturated heterocycles. The van der Waals surface area contributed by atoms with Crippen molar-refractivity contribution >= 4 is 6.03 Å². The first-order valence-corrected chi connectivity index (χ1v) is 6.58. The Balaban J connectivity index is 2.53. The molecule has 0 aliphatic heterocycles. The van der Waals surface area contributed by atoms with E-state index in [0.29, 0.717) is 13.0 Å². The minimum absolute atomic E-state index is 0.0977. The lowest BCUT2D eigenvalue weighted by molar-refractivity contribution is 0.181. The number of carbonyl (C=O) groups excluding carboxylic acids is 1. The summed E-state index contributed by atoms with van der Waals surface area (Å²) >= 11 is 0. The molecule has 0 spiro atoms. The summed E-state index contributed by atoms with van der Waals surface area (Å²) in [6, 6.07) is 5.92. The smallest absolute Gasteiger partial charge is 0.317 e. The minimum atomic E-state index is -0.283. The van der Waals surface area contributed by atoms with E-state index in [1.165, 1.54) is 17.0 Å². The maximum Gasteiger partial charge on any atom is 0.317 e. The van der Waals surface area contributed by atoms with Crippen LogP contribution in [0.15, 0.2) is 36.9 Å². The van der Waals surface area contributed by atoms with E-state index in [4.69, 9.17) is 5.11 Å². The van der Waals surface area contributed by atoms with Gasteiger partial charge in [-0.05, 0) is 31.0 Å². The van der Waals surface area contributed by atoms with Gasteiger partial charge in [0.25, 0.3) is 0 Å². The molecule has 1 rings (SSSR count). The molecule has 1 aromatic carbocycles. The molecule has 5 heteroatoms. The fourth-order valence-electron chi connectivity index (χ4n) is 1.92. The zero-order chi connectivity index (χ0) is 15.0. The number of amides is 2. The maximum absolute atomic E-state index is 13.1. The van der Waals surface area contributed by atoms with Crippen molar-refractivity contribution in [1.29, 1.82) is 0 Å². The van der Waals surface area contributed by atoms with Crippen LogP contribution in [0.4, 0.5) is 9.18 Å². The predicted molar refractivity (Wildman–Crippen MR) is 77.0 cm³/mol. The van der Waals surface area contributed by atoms with Crippen LogP contribution in [0.25, 0.3) is 0 Å². The zero-order valence-electron chi connectivity index (χ0n) is 11.7. The number of carbonyl (C=O) groups is 1. The summed E-state index contributed by atoms with van der Waals surface area (Å²) < 4.78 is 13.1. The average molecular weight is 280 g/mol. The lowest BCUT2D eigenvalue weighted by Crippen LogP contribution is -2.45. The van der Waals surface area contributed by atoms with Gasteiger partial charge in [0.2, 0.25) is 0 Å². The second-order valence-corrected chi connectivity index (χ2v) is 4.64. The molecule has 0 fully saturated rings. The molecule has 20 heavy (non-hydrogen) atoms. The van der Waals surface area contributed by atoms with Crippen molar-refractivity contribution in [2.75, 3.05) is 19.7 Å². The highest BCUT2D eigenvalue weighted by atomic mass is 19.1. The van der Waals surface area contributed by atoms with E-state index in [9.17, 15) is 9.18 Å². The topological polar surface area (TPSA) is 52.6 Å². The predicted octanol–water partition coefficient (Wildman–Crippen LogP) is 1.95. The Kier molecular flexibility index (Phi) is 6.73. The van der Waals surface area contributed by atoms with Crippen LogP contribution < -0.4 is 5.32 Å². The number of hydrogen-bond donors (Lipinski definition) is 2. The van der Waals surface area contributed by atoms with E-state index in [1.807, 2.05) is 13.0 Å². The number of aliphatic hydroxyl groups excluding tert-OH is 1. The number of urea groups is 1. The van der Waals surface area contributed by atoms with Gasteiger partial charge in [-0.1, -0.05) is 18.2 Å². The number of hydrogen-bond acceptors (Lipinski definition) is 2. The molecule has 0 aliphatic rings. The van der Waals surface area contributed by atoms with Crippen molar-refractivity contribution in [3.63, 3.8) is 0 Å². The normalized spacial score (nSPS) is 11.8. The third kappa shape index (κ3) is 5.40. The van der Waals surface area contributed by atoms with Crippen LogP contribution in [0, 0.1) is 5.82 Å². The van der Waals surface area contributed by atoms with Gasteiger partial charge >= 0.3 is 6.03 Å². The summed E-state index contributed by atoms with van der Waals surface area (Å²) in [5, 5.41) is 11.7. The summed E-state index contributed by atoms with van der Waals surface area (Å²) in [5.74, 6) is -0.283. The summed E-state index contributed by atoms with van der Waals surface area (Å²) in [6.45, 7) is 5.96. The maximum atomic E-state index is 13.1. The molecule has 0 bridgehead atoms. The van der Waals surface area contributed by atoms with Gasteiger partial charge in [-0.25, -0.2) is 9.18 Å². The Morgan fingerprint density at radius 1 is 1.60 bits per heavy atom.